The predicted octanol–water partition coefficient (Wildman–Crippen LogP) is 0.650. The van der Waals surface area contributed by atoms with Gasteiger partial charge in [-0.1, -0.05) is 13.3 Å². The van der Waals surface area contributed by atoms with Crippen molar-refractivity contribution in [2.45, 2.75) is 32.2 Å². The zero-order valence-corrected chi connectivity index (χ0v) is 10.8. The molecule has 1 N–H and O–H groups in total. The number of nitrogens with zero attached hydrogens (tertiary/aromatic N) is 2. The largest absolute Gasteiger partial charge is 0.480 e. The quantitative estimate of drug-likeness (QED) is 0.786. The smallest absolute Gasteiger partial charge is 0.320 e. The first-order valence-electron chi connectivity index (χ1n) is 6.12. The number of carbonyl (C=O) groups is 2. The maximum absolute atomic E-state index is 11.6. The summed E-state index contributed by atoms with van der Waals surface area (Å²) in [4.78, 5) is 26.1. The van der Waals surface area contributed by atoms with Crippen molar-refractivity contribution >= 4 is 11.9 Å². The molecule has 5 nitrogen and oxygen atoms in total. The fourth-order valence-corrected chi connectivity index (χ4v) is 2.22. The lowest BCUT2D eigenvalue weighted by Crippen LogP contribution is -2.50. The van der Waals surface area contributed by atoms with Crippen molar-refractivity contribution in [1.82, 2.24) is 9.80 Å². The van der Waals surface area contributed by atoms with Gasteiger partial charge in [-0.2, -0.15) is 0 Å². The average molecular weight is 242 g/mol. The van der Waals surface area contributed by atoms with Gasteiger partial charge in [-0.15, -0.1) is 0 Å². The standard InChI is InChI=1S/C12H22N2O3/c1-4-9-5-6-14(8-11(15)13(2)3)10(7-9)12(16)17/h9-10H,4-8H2,1-3H3,(H,16,17). The summed E-state index contributed by atoms with van der Waals surface area (Å²) in [7, 11) is 3.38. The number of likely N-dealkylation sites (tertiary alicyclic amines) is 1. The maximum Gasteiger partial charge on any atom is 0.320 e. The summed E-state index contributed by atoms with van der Waals surface area (Å²) in [6.07, 6.45) is 2.66. The fourth-order valence-electron chi connectivity index (χ4n) is 2.22. The first kappa shape index (κ1) is 14.0. The Morgan fingerprint density at radius 1 is 1.41 bits per heavy atom. The molecule has 0 aliphatic carbocycles. The predicted molar refractivity (Wildman–Crippen MR) is 64.7 cm³/mol. The van der Waals surface area contributed by atoms with Crippen LogP contribution in [0.2, 0.25) is 0 Å². The van der Waals surface area contributed by atoms with Gasteiger partial charge in [0, 0.05) is 14.1 Å². The van der Waals surface area contributed by atoms with Gasteiger partial charge in [0.05, 0.1) is 6.54 Å². The van der Waals surface area contributed by atoms with Crippen LogP contribution in [-0.4, -0.2) is 60.0 Å². The Kier molecular flexibility index (Phi) is 4.93. The number of amides is 1. The molecule has 1 aliphatic rings. The molecule has 1 heterocycles. The summed E-state index contributed by atoms with van der Waals surface area (Å²) in [5.41, 5.74) is 0. The lowest BCUT2D eigenvalue weighted by molar-refractivity contribution is -0.147. The van der Waals surface area contributed by atoms with E-state index in [1.54, 1.807) is 19.0 Å². The second kappa shape index (κ2) is 6.00. The van der Waals surface area contributed by atoms with Gasteiger partial charge in [-0.25, -0.2) is 0 Å². The third kappa shape index (κ3) is 3.70. The topological polar surface area (TPSA) is 60.9 Å². The van der Waals surface area contributed by atoms with Crippen molar-refractivity contribution < 1.29 is 14.7 Å². The van der Waals surface area contributed by atoms with E-state index < -0.39 is 12.0 Å². The van der Waals surface area contributed by atoms with Crippen molar-refractivity contribution in [3.63, 3.8) is 0 Å². The zero-order valence-electron chi connectivity index (χ0n) is 10.8. The summed E-state index contributed by atoms with van der Waals surface area (Å²) in [6, 6.07) is -0.502. The summed E-state index contributed by atoms with van der Waals surface area (Å²) in [5, 5.41) is 9.21. The summed E-state index contributed by atoms with van der Waals surface area (Å²) < 4.78 is 0. The van der Waals surface area contributed by atoms with Gasteiger partial charge >= 0.3 is 5.97 Å². The molecule has 0 aromatic carbocycles. The van der Waals surface area contributed by atoms with Crippen LogP contribution in [0, 0.1) is 5.92 Å². The van der Waals surface area contributed by atoms with Gasteiger partial charge in [-0.05, 0) is 25.3 Å². The normalized spacial score (nSPS) is 25.6. The molecule has 1 fully saturated rings. The summed E-state index contributed by atoms with van der Waals surface area (Å²) in [6.45, 7) is 3.00. The number of likely N-dealkylation sites (N-methyl/N-ethyl adjacent to an activating group) is 1. The van der Waals surface area contributed by atoms with E-state index in [4.69, 9.17) is 0 Å². The lowest BCUT2D eigenvalue weighted by Gasteiger charge is -2.36. The first-order valence-corrected chi connectivity index (χ1v) is 6.12. The third-order valence-electron chi connectivity index (χ3n) is 3.52. The van der Waals surface area contributed by atoms with Gasteiger partial charge in [0.25, 0.3) is 0 Å². The van der Waals surface area contributed by atoms with Crippen molar-refractivity contribution in [1.29, 1.82) is 0 Å². The molecule has 2 atom stereocenters. The Bertz CT molecular complexity index is 291. The van der Waals surface area contributed by atoms with Crippen LogP contribution in [0.4, 0.5) is 0 Å². The number of carboxylic acids is 1. The van der Waals surface area contributed by atoms with Gasteiger partial charge in [0.15, 0.2) is 0 Å². The number of hydrogen-bond donors (Lipinski definition) is 1. The number of rotatable bonds is 4. The second-order valence-corrected chi connectivity index (χ2v) is 4.91. The summed E-state index contributed by atoms with van der Waals surface area (Å²) in [5.74, 6) is -0.372. The SMILES string of the molecule is CCC1CCN(CC(=O)N(C)C)C(C(=O)O)C1. The van der Waals surface area contributed by atoms with Crippen molar-refractivity contribution in [3.05, 3.63) is 0 Å². The Hall–Kier alpha value is -1.10. The van der Waals surface area contributed by atoms with E-state index in [1.165, 1.54) is 4.90 Å². The zero-order chi connectivity index (χ0) is 13.0. The van der Waals surface area contributed by atoms with Gasteiger partial charge in [0.1, 0.15) is 6.04 Å². The molecule has 0 bridgehead atoms. The van der Waals surface area contributed by atoms with E-state index in [0.29, 0.717) is 18.9 Å². The maximum atomic E-state index is 11.6. The molecule has 1 rings (SSSR count). The molecule has 98 valence electrons. The molecule has 1 aliphatic heterocycles. The number of hydrogen-bond acceptors (Lipinski definition) is 3. The molecule has 17 heavy (non-hydrogen) atoms. The highest BCUT2D eigenvalue weighted by Crippen LogP contribution is 2.25. The molecule has 0 saturated carbocycles. The van der Waals surface area contributed by atoms with Crippen LogP contribution in [0.3, 0.4) is 0 Å². The Morgan fingerprint density at radius 3 is 2.53 bits per heavy atom. The molecule has 0 aromatic heterocycles. The molecule has 1 amide bonds. The van der Waals surface area contributed by atoms with E-state index in [0.717, 1.165) is 12.8 Å². The Morgan fingerprint density at radius 2 is 2.06 bits per heavy atom. The van der Waals surface area contributed by atoms with E-state index in [-0.39, 0.29) is 12.5 Å². The van der Waals surface area contributed by atoms with Crippen molar-refractivity contribution in [2.75, 3.05) is 27.2 Å². The third-order valence-corrected chi connectivity index (χ3v) is 3.52. The van der Waals surface area contributed by atoms with Crippen molar-refractivity contribution in [3.8, 4) is 0 Å². The number of piperidine rings is 1. The van der Waals surface area contributed by atoms with Gasteiger partial charge in [0.2, 0.25) is 5.91 Å². The first-order chi connectivity index (χ1) is 7.95. The summed E-state index contributed by atoms with van der Waals surface area (Å²) >= 11 is 0. The number of carboxylic acid groups (broad SMARTS) is 1. The van der Waals surface area contributed by atoms with E-state index in [1.807, 2.05) is 0 Å². The van der Waals surface area contributed by atoms with Crippen LogP contribution >= 0.6 is 0 Å². The highest BCUT2D eigenvalue weighted by atomic mass is 16.4. The minimum Gasteiger partial charge on any atom is -0.480 e. The fraction of sp³-hybridized carbons (Fsp3) is 0.833. The van der Waals surface area contributed by atoms with Crippen LogP contribution in [0.5, 0.6) is 0 Å². The van der Waals surface area contributed by atoms with Crippen molar-refractivity contribution in [2.24, 2.45) is 5.92 Å². The Balaban J connectivity index is 2.64. The highest BCUT2D eigenvalue weighted by Gasteiger charge is 2.33. The highest BCUT2D eigenvalue weighted by molar-refractivity contribution is 5.79. The van der Waals surface area contributed by atoms with Crippen LogP contribution in [0.25, 0.3) is 0 Å². The molecular weight excluding hydrogens is 220 g/mol. The average Bonchev–Trinajstić information content (AvgIpc) is 2.29. The molecule has 0 aromatic rings. The van der Waals surface area contributed by atoms with E-state index >= 15 is 0 Å². The molecule has 0 radical (unpaired) electrons. The van der Waals surface area contributed by atoms with E-state index in [9.17, 15) is 14.7 Å². The minimum atomic E-state index is -0.810. The van der Waals surface area contributed by atoms with E-state index in [2.05, 4.69) is 6.92 Å². The number of aliphatic carboxylic acids is 1. The molecular formula is C12H22N2O3. The second-order valence-electron chi connectivity index (χ2n) is 4.91. The van der Waals surface area contributed by atoms with Gasteiger partial charge < -0.3 is 10.0 Å². The molecule has 2 unspecified atom stereocenters. The molecule has 5 heteroatoms. The molecule has 0 spiro atoms. The molecule has 1 saturated heterocycles. The Labute approximate surface area is 102 Å². The van der Waals surface area contributed by atoms with Crippen LogP contribution < -0.4 is 0 Å². The lowest BCUT2D eigenvalue weighted by atomic mass is 9.89. The van der Waals surface area contributed by atoms with Crippen LogP contribution in [0.15, 0.2) is 0 Å². The van der Waals surface area contributed by atoms with Gasteiger partial charge in [-0.3, -0.25) is 14.5 Å². The van der Waals surface area contributed by atoms with Crippen LogP contribution in [0.1, 0.15) is 26.2 Å². The van der Waals surface area contributed by atoms with Crippen LogP contribution in [-0.2, 0) is 9.59 Å². The monoisotopic (exact) mass is 242 g/mol. The minimum absolute atomic E-state index is 0.0359. The number of carbonyl (C=O) groups excluding carboxylic acids is 1.